The number of benzene rings is 1. The average molecular weight is 531 g/mol. The van der Waals surface area contributed by atoms with Crippen LogP contribution >= 0.6 is 0 Å². The Kier molecular flexibility index (Phi) is 22.9. The van der Waals surface area contributed by atoms with Gasteiger partial charge >= 0.3 is 11.9 Å². The minimum absolute atomic E-state index is 0.305. The highest BCUT2D eigenvalue weighted by Crippen LogP contribution is 2.15. The monoisotopic (exact) mass is 530 g/mol. The van der Waals surface area contributed by atoms with Crippen molar-refractivity contribution in [3.8, 4) is 0 Å². The maximum Gasteiger partial charge on any atom is 0.339 e. The summed E-state index contributed by atoms with van der Waals surface area (Å²) in [5.74, 6) is -0.863. The summed E-state index contributed by atoms with van der Waals surface area (Å²) in [6.45, 7) is 5.31. The van der Waals surface area contributed by atoms with Crippen LogP contribution in [-0.2, 0) is 9.47 Å². The van der Waals surface area contributed by atoms with E-state index in [0.717, 1.165) is 25.7 Å². The summed E-state index contributed by atoms with van der Waals surface area (Å²) < 4.78 is 10.9. The zero-order valence-electron chi connectivity index (χ0n) is 24.9. The molecule has 218 valence electrons. The lowest BCUT2D eigenvalue weighted by Crippen LogP contribution is -2.15. The van der Waals surface area contributed by atoms with E-state index in [9.17, 15) is 9.59 Å². The van der Waals surface area contributed by atoms with E-state index < -0.39 is 11.9 Å². The molecule has 0 saturated heterocycles. The molecule has 0 fully saturated rings. The number of carbonyl (C=O) groups is 2. The van der Waals surface area contributed by atoms with Crippen LogP contribution in [0, 0.1) is 0 Å². The molecular formula is C34H58O4. The maximum atomic E-state index is 12.6. The van der Waals surface area contributed by atoms with Gasteiger partial charge in [-0.3, -0.25) is 0 Å². The fourth-order valence-electron chi connectivity index (χ4n) is 4.86. The minimum Gasteiger partial charge on any atom is -0.462 e. The van der Waals surface area contributed by atoms with E-state index in [-0.39, 0.29) is 0 Å². The van der Waals surface area contributed by atoms with Gasteiger partial charge < -0.3 is 9.47 Å². The Morgan fingerprint density at radius 3 is 1.00 bits per heavy atom. The molecular weight excluding hydrogens is 472 g/mol. The van der Waals surface area contributed by atoms with Gasteiger partial charge in [-0.25, -0.2) is 9.59 Å². The number of hydrogen-bond acceptors (Lipinski definition) is 4. The van der Waals surface area contributed by atoms with Gasteiger partial charge in [-0.05, 0) is 25.0 Å². The van der Waals surface area contributed by atoms with Gasteiger partial charge in [0.15, 0.2) is 0 Å². The SMILES string of the molecule is CCCCCCCCCCCCCCOC(=O)c1ccccc1C(=O)OCCCCCCCCCCCC. The third-order valence-electron chi connectivity index (χ3n) is 7.33. The maximum absolute atomic E-state index is 12.6. The third kappa shape index (κ3) is 18.4. The topological polar surface area (TPSA) is 52.6 Å². The molecule has 0 aliphatic rings. The largest absolute Gasteiger partial charge is 0.462 e. The van der Waals surface area contributed by atoms with E-state index in [4.69, 9.17) is 9.47 Å². The van der Waals surface area contributed by atoms with Gasteiger partial charge in [0.05, 0.1) is 24.3 Å². The number of ether oxygens (including phenoxy) is 2. The fraction of sp³-hybridized carbons (Fsp3) is 0.765. The van der Waals surface area contributed by atoms with Crippen LogP contribution in [-0.4, -0.2) is 25.2 Å². The first kappa shape index (κ1) is 34.2. The van der Waals surface area contributed by atoms with Gasteiger partial charge in [0, 0.05) is 0 Å². The molecule has 4 heteroatoms. The van der Waals surface area contributed by atoms with Crippen molar-refractivity contribution in [1.82, 2.24) is 0 Å². The molecule has 0 amide bonds. The quantitative estimate of drug-likeness (QED) is 0.0882. The smallest absolute Gasteiger partial charge is 0.339 e. The second-order valence-corrected chi connectivity index (χ2v) is 10.9. The molecule has 1 aromatic carbocycles. The molecule has 0 saturated carbocycles. The van der Waals surface area contributed by atoms with Gasteiger partial charge in [-0.2, -0.15) is 0 Å². The predicted molar refractivity (Wildman–Crippen MR) is 160 cm³/mol. The van der Waals surface area contributed by atoms with Crippen molar-refractivity contribution < 1.29 is 19.1 Å². The second-order valence-electron chi connectivity index (χ2n) is 10.9. The van der Waals surface area contributed by atoms with Crippen LogP contribution in [0.4, 0.5) is 0 Å². The van der Waals surface area contributed by atoms with Crippen molar-refractivity contribution in [2.75, 3.05) is 13.2 Å². The van der Waals surface area contributed by atoms with Gasteiger partial charge in [0.1, 0.15) is 0 Å². The zero-order chi connectivity index (χ0) is 27.5. The van der Waals surface area contributed by atoms with Crippen LogP contribution in [0.15, 0.2) is 24.3 Å². The van der Waals surface area contributed by atoms with Crippen LogP contribution in [0.2, 0.25) is 0 Å². The Morgan fingerprint density at radius 2 is 0.711 bits per heavy atom. The molecule has 1 rings (SSSR count). The van der Waals surface area contributed by atoms with Gasteiger partial charge in [0.2, 0.25) is 0 Å². The molecule has 0 heterocycles. The first-order valence-corrected chi connectivity index (χ1v) is 16.1. The van der Waals surface area contributed by atoms with E-state index in [1.165, 1.54) is 116 Å². The Morgan fingerprint density at radius 1 is 0.447 bits per heavy atom. The summed E-state index contributed by atoms with van der Waals surface area (Å²) in [6, 6.07) is 6.83. The van der Waals surface area contributed by atoms with Crippen LogP contribution < -0.4 is 0 Å². The molecule has 0 aliphatic heterocycles. The highest BCUT2D eigenvalue weighted by molar-refractivity contribution is 6.03. The summed E-state index contributed by atoms with van der Waals surface area (Å²) in [5, 5.41) is 0. The van der Waals surface area contributed by atoms with Crippen molar-refractivity contribution in [3.63, 3.8) is 0 Å². The lowest BCUT2D eigenvalue weighted by molar-refractivity contribution is 0.0450. The molecule has 4 nitrogen and oxygen atoms in total. The van der Waals surface area contributed by atoms with Gasteiger partial charge in [-0.15, -0.1) is 0 Å². The molecule has 38 heavy (non-hydrogen) atoms. The predicted octanol–water partition coefficient (Wildman–Crippen LogP) is 10.6. The molecule has 0 atom stereocenters. The summed E-state index contributed by atoms with van der Waals surface area (Å²) in [4.78, 5) is 25.2. The highest BCUT2D eigenvalue weighted by Gasteiger charge is 2.18. The van der Waals surface area contributed by atoms with Crippen LogP contribution in [0.5, 0.6) is 0 Å². The van der Waals surface area contributed by atoms with E-state index in [2.05, 4.69) is 13.8 Å². The van der Waals surface area contributed by atoms with Crippen molar-refractivity contribution in [3.05, 3.63) is 35.4 Å². The first-order chi connectivity index (χ1) is 18.7. The molecule has 0 unspecified atom stereocenters. The Bertz CT molecular complexity index is 699. The standard InChI is InChI=1S/C34H58O4/c1-3-5-7-9-11-13-15-16-18-20-22-26-30-38-34(36)32-28-24-23-27-31(32)33(35)37-29-25-21-19-17-14-12-10-8-6-4-2/h23-24,27-28H,3-22,25-26,29-30H2,1-2H3. The molecule has 0 aromatic heterocycles. The van der Waals surface area contributed by atoms with Crippen molar-refractivity contribution in [2.24, 2.45) is 0 Å². The normalized spacial score (nSPS) is 11.0. The Labute approximate surface area is 234 Å². The second kappa shape index (κ2) is 25.4. The lowest BCUT2D eigenvalue weighted by Gasteiger charge is -2.10. The Balaban J connectivity index is 2.11. The number of carbonyl (C=O) groups excluding carboxylic acids is 2. The van der Waals surface area contributed by atoms with E-state index in [1.54, 1.807) is 24.3 Å². The van der Waals surface area contributed by atoms with E-state index in [1.807, 2.05) is 0 Å². The molecule has 0 N–H and O–H groups in total. The number of hydrogen-bond donors (Lipinski definition) is 0. The summed E-state index contributed by atoms with van der Waals surface area (Å²) in [6.07, 6.45) is 27.6. The van der Waals surface area contributed by atoms with Gasteiger partial charge in [-0.1, -0.05) is 154 Å². The number of esters is 2. The zero-order valence-corrected chi connectivity index (χ0v) is 24.9. The number of unbranched alkanes of at least 4 members (excludes halogenated alkanes) is 20. The third-order valence-corrected chi connectivity index (χ3v) is 7.33. The van der Waals surface area contributed by atoms with E-state index >= 15 is 0 Å². The fourth-order valence-corrected chi connectivity index (χ4v) is 4.86. The van der Waals surface area contributed by atoms with Crippen molar-refractivity contribution >= 4 is 11.9 Å². The molecule has 0 radical (unpaired) electrons. The van der Waals surface area contributed by atoms with Crippen LogP contribution in [0.1, 0.15) is 176 Å². The van der Waals surface area contributed by atoms with Gasteiger partial charge in [0.25, 0.3) is 0 Å². The van der Waals surface area contributed by atoms with Crippen LogP contribution in [0.3, 0.4) is 0 Å². The molecule has 0 aliphatic carbocycles. The van der Waals surface area contributed by atoms with Crippen LogP contribution in [0.25, 0.3) is 0 Å². The first-order valence-electron chi connectivity index (χ1n) is 16.1. The summed E-state index contributed by atoms with van der Waals surface area (Å²) >= 11 is 0. The molecule has 0 spiro atoms. The summed E-state index contributed by atoms with van der Waals surface area (Å²) in [7, 11) is 0. The Hall–Kier alpha value is -1.84. The van der Waals surface area contributed by atoms with Crippen molar-refractivity contribution in [1.29, 1.82) is 0 Å². The average Bonchev–Trinajstić information content (AvgIpc) is 2.94. The summed E-state index contributed by atoms with van der Waals surface area (Å²) in [5.41, 5.74) is 0.610. The molecule has 0 bridgehead atoms. The van der Waals surface area contributed by atoms with E-state index in [0.29, 0.717) is 24.3 Å². The highest BCUT2D eigenvalue weighted by atomic mass is 16.5. The minimum atomic E-state index is -0.432. The number of rotatable bonds is 26. The lowest BCUT2D eigenvalue weighted by atomic mass is 10.1. The van der Waals surface area contributed by atoms with Crippen molar-refractivity contribution in [2.45, 2.75) is 155 Å². The molecule has 1 aromatic rings.